The third kappa shape index (κ3) is 2.78. The van der Waals surface area contributed by atoms with Gasteiger partial charge in [-0.15, -0.1) is 0 Å². The molecule has 0 bridgehead atoms. The first-order valence-corrected chi connectivity index (χ1v) is 6.83. The van der Waals surface area contributed by atoms with Crippen molar-refractivity contribution in [3.05, 3.63) is 35.1 Å². The van der Waals surface area contributed by atoms with Crippen LogP contribution in [0.2, 0.25) is 0 Å². The molecule has 1 amide bonds. The Morgan fingerprint density at radius 1 is 1.47 bits per heavy atom. The number of hydrogen-bond acceptors (Lipinski definition) is 2. The molecule has 2 N–H and O–H groups in total. The van der Waals surface area contributed by atoms with Crippen LogP contribution in [-0.4, -0.2) is 29.4 Å². The lowest BCUT2D eigenvalue weighted by atomic mass is 9.94. The number of carbonyl (C=O) groups excluding carboxylic acids is 1. The molecule has 2 rings (SSSR count). The number of rotatable bonds is 2. The quantitative estimate of drug-likeness (QED) is 0.892. The second-order valence-corrected chi connectivity index (χ2v) is 5.34. The molecule has 104 valence electrons. The molecular weight excluding hydrogens is 243 g/mol. The standard InChI is InChI=1S/C15H21FN2O/c1-10-6-7-12(16)8-14(10)15(19)18-11(2)4-3-5-13(18)9-17/h6-8,11,13H,3-5,9,17H2,1-2H3. The van der Waals surface area contributed by atoms with Crippen LogP contribution in [0.15, 0.2) is 18.2 Å². The molecule has 1 aliphatic heterocycles. The van der Waals surface area contributed by atoms with E-state index in [1.807, 2.05) is 18.7 Å². The van der Waals surface area contributed by atoms with Gasteiger partial charge in [0, 0.05) is 24.2 Å². The molecule has 0 aliphatic carbocycles. The summed E-state index contributed by atoms with van der Waals surface area (Å²) in [6.45, 7) is 4.33. The van der Waals surface area contributed by atoms with E-state index in [4.69, 9.17) is 5.73 Å². The van der Waals surface area contributed by atoms with Gasteiger partial charge in [0.2, 0.25) is 0 Å². The summed E-state index contributed by atoms with van der Waals surface area (Å²) in [4.78, 5) is 14.5. The second-order valence-electron chi connectivity index (χ2n) is 5.34. The second kappa shape index (κ2) is 5.70. The maximum absolute atomic E-state index is 13.4. The van der Waals surface area contributed by atoms with Crippen LogP contribution < -0.4 is 5.73 Å². The Bertz CT molecular complexity index is 475. The molecule has 0 aromatic heterocycles. The van der Waals surface area contributed by atoms with Crippen LogP contribution in [0, 0.1) is 12.7 Å². The van der Waals surface area contributed by atoms with Crippen molar-refractivity contribution in [3.8, 4) is 0 Å². The first-order valence-electron chi connectivity index (χ1n) is 6.83. The fraction of sp³-hybridized carbons (Fsp3) is 0.533. The number of likely N-dealkylation sites (tertiary alicyclic amines) is 1. The molecule has 0 spiro atoms. The summed E-state index contributed by atoms with van der Waals surface area (Å²) >= 11 is 0. The van der Waals surface area contributed by atoms with Crippen LogP contribution in [-0.2, 0) is 0 Å². The molecule has 1 fully saturated rings. The summed E-state index contributed by atoms with van der Waals surface area (Å²) in [7, 11) is 0. The maximum atomic E-state index is 13.4. The van der Waals surface area contributed by atoms with Crippen LogP contribution in [0.25, 0.3) is 0 Å². The minimum atomic E-state index is -0.372. The molecule has 19 heavy (non-hydrogen) atoms. The minimum absolute atomic E-state index is 0.0684. The highest BCUT2D eigenvalue weighted by molar-refractivity contribution is 5.96. The fourth-order valence-corrected chi connectivity index (χ4v) is 2.85. The Morgan fingerprint density at radius 3 is 2.89 bits per heavy atom. The summed E-state index contributed by atoms with van der Waals surface area (Å²) in [6.07, 6.45) is 3.01. The third-order valence-electron chi connectivity index (χ3n) is 3.96. The van der Waals surface area contributed by atoms with Crippen molar-refractivity contribution in [1.82, 2.24) is 4.90 Å². The molecule has 1 aliphatic rings. The van der Waals surface area contributed by atoms with Crippen molar-refractivity contribution in [2.75, 3.05) is 6.54 Å². The molecule has 1 aromatic carbocycles. The summed E-state index contributed by atoms with van der Waals surface area (Å²) in [5.41, 5.74) is 7.03. The Kier molecular flexibility index (Phi) is 4.20. The summed E-state index contributed by atoms with van der Waals surface area (Å²) in [6, 6.07) is 4.59. The molecule has 1 saturated heterocycles. The minimum Gasteiger partial charge on any atom is -0.332 e. The molecule has 1 aromatic rings. The van der Waals surface area contributed by atoms with Crippen molar-refractivity contribution in [2.45, 2.75) is 45.2 Å². The van der Waals surface area contributed by atoms with E-state index >= 15 is 0 Å². The van der Waals surface area contributed by atoms with E-state index in [1.165, 1.54) is 12.1 Å². The van der Waals surface area contributed by atoms with Gasteiger partial charge in [0.25, 0.3) is 5.91 Å². The predicted octanol–water partition coefficient (Wildman–Crippen LogP) is 2.48. The number of nitrogens with zero attached hydrogens (tertiary/aromatic N) is 1. The highest BCUT2D eigenvalue weighted by Crippen LogP contribution is 2.25. The summed E-state index contributed by atoms with van der Waals surface area (Å²) in [5, 5.41) is 0. The van der Waals surface area contributed by atoms with Crippen LogP contribution >= 0.6 is 0 Å². The van der Waals surface area contributed by atoms with E-state index in [2.05, 4.69) is 0 Å². The highest BCUT2D eigenvalue weighted by Gasteiger charge is 2.32. The molecule has 0 saturated carbocycles. The topological polar surface area (TPSA) is 46.3 Å². The smallest absolute Gasteiger partial charge is 0.254 e. The zero-order chi connectivity index (χ0) is 14.0. The molecule has 0 radical (unpaired) electrons. The van der Waals surface area contributed by atoms with Crippen molar-refractivity contribution < 1.29 is 9.18 Å². The largest absolute Gasteiger partial charge is 0.332 e. The summed E-state index contributed by atoms with van der Waals surface area (Å²) < 4.78 is 13.4. The van der Waals surface area contributed by atoms with Crippen LogP contribution in [0.5, 0.6) is 0 Å². The van der Waals surface area contributed by atoms with E-state index in [1.54, 1.807) is 6.07 Å². The Balaban J connectivity index is 2.33. The number of benzene rings is 1. The molecule has 2 unspecified atom stereocenters. The van der Waals surface area contributed by atoms with Crippen molar-refractivity contribution in [3.63, 3.8) is 0 Å². The van der Waals surface area contributed by atoms with Gasteiger partial charge in [-0.2, -0.15) is 0 Å². The Hall–Kier alpha value is -1.42. The van der Waals surface area contributed by atoms with Crippen LogP contribution in [0.4, 0.5) is 4.39 Å². The normalized spacial score (nSPS) is 23.5. The Morgan fingerprint density at radius 2 is 2.21 bits per heavy atom. The van der Waals surface area contributed by atoms with Gasteiger partial charge in [-0.1, -0.05) is 6.07 Å². The average Bonchev–Trinajstić information content (AvgIpc) is 2.40. The lowest BCUT2D eigenvalue weighted by Gasteiger charge is -2.40. The van der Waals surface area contributed by atoms with Gasteiger partial charge < -0.3 is 10.6 Å². The lowest BCUT2D eigenvalue weighted by molar-refractivity contribution is 0.0493. The van der Waals surface area contributed by atoms with E-state index in [9.17, 15) is 9.18 Å². The predicted molar refractivity (Wildman–Crippen MR) is 73.5 cm³/mol. The third-order valence-corrected chi connectivity index (χ3v) is 3.96. The number of halogens is 1. The van der Waals surface area contributed by atoms with Crippen molar-refractivity contribution >= 4 is 5.91 Å². The lowest BCUT2D eigenvalue weighted by Crippen LogP contribution is -2.52. The van der Waals surface area contributed by atoms with E-state index in [0.29, 0.717) is 12.1 Å². The fourth-order valence-electron chi connectivity index (χ4n) is 2.85. The molecule has 4 heteroatoms. The van der Waals surface area contributed by atoms with E-state index in [-0.39, 0.29) is 23.8 Å². The van der Waals surface area contributed by atoms with Crippen molar-refractivity contribution in [1.29, 1.82) is 0 Å². The van der Waals surface area contributed by atoms with E-state index < -0.39 is 0 Å². The number of amides is 1. The zero-order valence-electron chi connectivity index (χ0n) is 11.5. The number of hydrogen-bond donors (Lipinski definition) is 1. The molecule has 3 nitrogen and oxygen atoms in total. The Labute approximate surface area is 113 Å². The highest BCUT2D eigenvalue weighted by atomic mass is 19.1. The maximum Gasteiger partial charge on any atom is 0.254 e. The monoisotopic (exact) mass is 264 g/mol. The first kappa shape index (κ1) is 14.0. The molecule has 2 atom stereocenters. The molecule has 1 heterocycles. The number of nitrogens with two attached hydrogens (primary N) is 1. The van der Waals surface area contributed by atoms with Gasteiger partial charge in [0.15, 0.2) is 0 Å². The number of piperidine rings is 1. The summed E-state index contributed by atoms with van der Waals surface area (Å²) in [5.74, 6) is -0.470. The molecular formula is C15H21FN2O. The van der Waals surface area contributed by atoms with Gasteiger partial charge in [0.1, 0.15) is 5.82 Å². The van der Waals surface area contributed by atoms with E-state index in [0.717, 1.165) is 24.8 Å². The van der Waals surface area contributed by atoms with Gasteiger partial charge in [-0.05, 0) is 50.8 Å². The van der Waals surface area contributed by atoms with Crippen LogP contribution in [0.1, 0.15) is 42.1 Å². The zero-order valence-corrected chi connectivity index (χ0v) is 11.5. The van der Waals surface area contributed by atoms with Crippen LogP contribution in [0.3, 0.4) is 0 Å². The van der Waals surface area contributed by atoms with Gasteiger partial charge in [-0.3, -0.25) is 4.79 Å². The van der Waals surface area contributed by atoms with Gasteiger partial charge in [0.05, 0.1) is 0 Å². The first-order chi connectivity index (χ1) is 9.04. The number of carbonyl (C=O) groups is 1. The van der Waals surface area contributed by atoms with Gasteiger partial charge in [-0.25, -0.2) is 4.39 Å². The van der Waals surface area contributed by atoms with Crippen molar-refractivity contribution in [2.24, 2.45) is 5.73 Å². The average molecular weight is 264 g/mol. The van der Waals surface area contributed by atoms with Gasteiger partial charge >= 0.3 is 0 Å². The number of aryl methyl sites for hydroxylation is 1. The SMILES string of the molecule is Cc1ccc(F)cc1C(=O)N1C(C)CCCC1CN.